The fourth-order valence-electron chi connectivity index (χ4n) is 2.98. The number of nitrogen functional groups attached to an aromatic ring is 1. The normalized spacial score (nSPS) is 21.5. The molecule has 2 aromatic rings. The second-order valence-electron chi connectivity index (χ2n) is 5.74. The standard InChI is InChI=1S/C17H22N4O/c1-12-10-15(21-17(18)20-12)19-11-14-8-5-9-22-16(14)13-6-3-2-4-7-13/h2-4,6-7,10,14,16H,5,8-9,11H2,1H3,(H3,18,19,20,21)/t14-,16+/m1/s1. The van der Waals surface area contributed by atoms with Crippen LogP contribution >= 0.6 is 0 Å². The van der Waals surface area contributed by atoms with Crippen molar-refractivity contribution in [2.24, 2.45) is 5.92 Å². The van der Waals surface area contributed by atoms with Crippen LogP contribution in [-0.2, 0) is 4.74 Å². The fourth-order valence-corrected chi connectivity index (χ4v) is 2.98. The van der Waals surface area contributed by atoms with E-state index >= 15 is 0 Å². The van der Waals surface area contributed by atoms with Crippen LogP contribution in [0.25, 0.3) is 0 Å². The lowest BCUT2D eigenvalue weighted by Crippen LogP contribution is -2.28. The molecule has 0 amide bonds. The number of ether oxygens (including phenoxy) is 1. The largest absolute Gasteiger partial charge is 0.373 e. The number of rotatable bonds is 4. The van der Waals surface area contributed by atoms with Gasteiger partial charge in [-0.2, -0.15) is 4.98 Å². The van der Waals surface area contributed by atoms with Crippen LogP contribution in [0.4, 0.5) is 11.8 Å². The predicted molar refractivity (Wildman–Crippen MR) is 87.5 cm³/mol. The van der Waals surface area contributed by atoms with Crippen molar-refractivity contribution in [3.05, 3.63) is 47.7 Å². The van der Waals surface area contributed by atoms with E-state index in [1.165, 1.54) is 5.56 Å². The van der Waals surface area contributed by atoms with Gasteiger partial charge in [-0.15, -0.1) is 0 Å². The zero-order chi connectivity index (χ0) is 15.4. The Balaban J connectivity index is 1.69. The highest BCUT2D eigenvalue weighted by atomic mass is 16.5. The van der Waals surface area contributed by atoms with Crippen LogP contribution in [0.15, 0.2) is 36.4 Å². The summed E-state index contributed by atoms with van der Waals surface area (Å²) in [5.74, 6) is 1.51. The minimum atomic E-state index is 0.141. The van der Waals surface area contributed by atoms with Gasteiger partial charge in [-0.1, -0.05) is 30.3 Å². The fraction of sp³-hybridized carbons (Fsp3) is 0.412. The van der Waals surface area contributed by atoms with E-state index in [2.05, 4.69) is 39.6 Å². The molecule has 1 aromatic heterocycles. The molecule has 22 heavy (non-hydrogen) atoms. The van der Waals surface area contributed by atoms with E-state index in [0.29, 0.717) is 11.9 Å². The summed E-state index contributed by atoms with van der Waals surface area (Å²) >= 11 is 0. The molecule has 0 aliphatic carbocycles. The molecule has 1 saturated heterocycles. The van der Waals surface area contributed by atoms with Crippen LogP contribution in [0.5, 0.6) is 0 Å². The maximum Gasteiger partial charge on any atom is 0.222 e. The summed E-state index contributed by atoms with van der Waals surface area (Å²) in [5, 5.41) is 3.38. The number of benzene rings is 1. The lowest BCUT2D eigenvalue weighted by molar-refractivity contribution is -0.0238. The molecule has 3 rings (SSSR count). The minimum absolute atomic E-state index is 0.141. The average molecular weight is 298 g/mol. The van der Waals surface area contributed by atoms with Gasteiger partial charge in [-0.05, 0) is 25.3 Å². The van der Waals surface area contributed by atoms with Crippen molar-refractivity contribution >= 4 is 11.8 Å². The quantitative estimate of drug-likeness (QED) is 0.908. The predicted octanol–water partition coefficient (Wildman–Crippen LogP) is 2.95. The first kappa shape index (κ1) is 14.8. The number of nitrogens with zero attached hydrogens (tertiary/aromatic N) is 2. The van der Waals surface area contributed by atoms with Gasteiger partial charge in [0.1, 0.15) is 5.82 Å². The summed E-state index contributed by atoms with van der Waals surface area (Å²) in [4.78, 5) is 8.32. The molecule has 0 saturated carbocycles. The lowest BCUT2D eigenvalue weighted by atomic mass is 9.89. The second kappa shape index (κ2) is 6.75. The Kier molecular flexibility index (Phi) is 4.53. The van der Waals surface area contributed by atoms with Crippen LogP contribution in [0.3, 0.4) is 0 Å². The molecule has 2 heterocycles. The van der Waals surface area contributed by atoms with Gasteiger partial charge in [0.15, 0.2) is 0 Å². The van der Waals surface area contributed by atoms with E-state index in [9.17, 15) is 0 Å². The first-order valence-electron chi connectivity index (χ1n) is 7.74. The Hall–Kier alpha value is -2.14. The number of aryl methyl sites for hydroxylation is 1. The van der Waals surface area contributed by atoms with Gasteiger partial charge in [0.25, 0.3) is 0 Å². The monoisotopic (exact) mass is 298 g/mol. The Morgan fingerprint density at radius 1 is 1.27 bits per heavy atom. The molecule has 0 spiro atoms. The Morgan fingerprint density at radius 3 is 2.86 bits per heavy atom. The number of nitrogens with two attached hydrogens (primary N) is 1. The highest BCUT2D eigenvalue weighted by Crippen LogP contribution is 2.33. The van der Waals surface area contributed by atoms with Crippen LogP contribution < -0.4 is 11.1 Å². The zero-order valence-electron chi connectivity index (χ0n) is 12.8. The first-order valence-corrected chi connectivity index (χ1v) is 7.74. The van der Waals surface area contributed by atoms with Crippen molar-refractivity contribution in [2.75, 3.05) is 24.2 Å². The van der Waals surface area contributed by atoms with E-state index < -0.39 is 0 Å². The third-order valence-corrected chi connectivity index (χ3v) is 3.99. The van der Waals surface area contributed by atoms with Crippen LogP contribution in [0, 0.1) is 12.8 Å². The molecule has 1 aromatic carbocycles. The van der Waals surface area contributed by atoms with Gasteiger partial charge in [-0.25, -0.2) is 4.98 Å². The SMILES string of the molecule is Cc1cc(NC[C@H]2CCCO[C@H]2c2ccccc2)nc(N)n1. The molecule has 3 N–H and O–H groups in total. The summed E-state index contributed by atoms with van der Waals surface area (Å²) < 4.78 is 6.02. The van der Waals surface area contributed by atoms with Crippen molar-refractivity contribution in [3.8, 4) is 0 Å². The molecule has 2 atom stereocenters. The highest BCUT2D eigenvalue weighted by Gasteiger charge is 2.27. The molecule has 1 fully saturated rings. The van der Waals surface area contributed by atoms with Crippen molar-refractivity contribution in [1.29, 1.82) is 0 Å². The number of anilines is 2. The Morgan fingerprint density at radius 2 is 2.09 bits per heavy atom. The third-order valence-electron chi connectivity index (χ3n) is 3.99. The van der Waals surface area contributed by atoms with E-state index in [1.54, 1.807) is 0 Å². The van der Waals surface area contributed by atoms with Crippen molar-refractivity contribution in [1.82, 2.24) is 9.97 Å². The molecular formula is C17H22N4O. The van der Waals surface area contributed by atoms with Gasteiger partial charge >= 0.3 is 0 Å². The van der Waals surface area contributed by atoms with E-state index in [0.717, 1.165) is 37.5 Å². The van der Waals surface area contributed by atoms with Gasteiger partial charge in [0.05, 0.1) is 6.10 Å². The summed E-state index contributed by atoms with van der Waals surface area (Å²) in [6.45, 7) is 3.56. The number of aromatic nitrogens is 2. The molecule has 5 heteroatoms. The van der Waals surface area contributed by atoms with Gasteiger partial charge < -0.3 is 15.8 Å². The highest BCUT2D eigenvalue weighted by molar-refractivity contribution is 5.40. The molecule has 5 nitrogen and oxygen atoms in total. The Labute approximate surface area is 130 Å². The first-order chi connectivity index (χ1) is 10.7. The molecule has 1 aliphatic rings. The van der Waals surface area contributed by atoms with Gasteiger partial charge in [0.2, 0.25) is 5.95 Å². The van der Waals surface area contributed by atoms with Crippen LogP contribution in [0.2, 0.25) is 0 Å². The lowest BCUT2D eigenvalue weighted by Gasteiger charge is -2.32. The van der Waals surface area contributed by atoms with Crippen molar-refractivity contribution in [3.63, 3.8) is 0 Å². The molecular weight excluding hydrogens is 276 g/mol. The number of hydrogen-bond donors (Lipinski definition) is 2. The van der Waals surface area contributed by atoms with E-state index in [-0.39, 0.29) is 6.10 Å². The van der Waals surface area contributed by atoms with E-state index in [1.807, 2.05) is 19.1 Å². The number of nitrogens with one attached hydrogen (secondary N) is 1. The minimum Gasteiger partial charge on any atom is -0.373 e. The summed E-state index contributed by atoms with van der Waals surface area (Å²) in [6.07, 6.45) is 2.38. The Bertz CT molecular complexity index is 597. The van der Waals surface area contributed by atoms with E-state index in [4.69, 9.17) is 10.5 Å². The summed E-state index contributed by atoms with van der Waals surface area (Å²) in [7, 11) is 0. The van der Waals surface area contributed by atoms with Crippen molar-refractivity contribution < 1.29 is 4.74 Å². The summed E-state index contributed by atoms with van der Waals surface area (Å²) in [6, 6.07) is 12.3. The van der Waals surface area contributed by atoms with Gasteiger partial charge in [0, 0.05) is 30.8 Å². The molecule has 0 radical (unpaired) electrons. The summed E-state index contributed by atoms with van der Waals surface area (Å²) in [5.41, 5.74) is 7.81. The average Bonchev–Trinajstić information content (AvgIpc) is 2.53. The maximum absolute atomic E-state index is 6.02. The second-order valence-corrected chi connectivity index (χ2v) is 5.74. The zero-order valence-corrected chi connectivity index (χ0v) is 12.8. The maximum atomic E-state index is 6.02. The molecule has 116 valence electrons. The molecule has 1 aliphatic heterocycles. The molecule has 0 unspecified atom stereocenters. The third kappa shape index (κ3) is 3.54. The van der Waals surface area contributed by atoms with Crippen LogP contribution in [0.1, 0.15) is 30.2 Å². The van der Waals surface area contributed by atoms with Crippen molar-refractivity contribution in [2.45, 2.75) is 25.9 Å². The molecule has 0 bridgehead atoms. The van der Waals surface area contributed by atoms with Crippen LogP contribution in [-0.4, -0.2) is 23.1 Å². The smallest absolute Gasteiger partial charge is 0.222 e. The number of hydrogen-bond acceptors (Lipinski definition) is 5. The van der Waals surface area contributed by atoms with Gasteiger partial charge in [-0.3, -0.25) is 0 Å². The topological polar surface area (TPSA) is 73.1 Å².